The molecular weight excluding hydrogens is 518 g/mol. The van der Waals surface area contributed by atoms with Crippen molar-refractivity contribution in [2.24, 2.45) is 0 Å². The van der Waals surface area contributed by atoms with Gasteiger partial charge in [0.1, 0.15) is 0 Å². The number of nitrogen functional groups attached to an aromatic ring is 1. The van der Waals surface area contributed by atoms with E-state index in [1.54, 1.807) is 0 Å². The summed E-state index contributed by atoms with van der Waals surface area (Å²) >= 11 is 3.51. The van der Waals surface area contributed by atoms with Crippen molar-refractivity contribution in [3.05, 3.63) is 63.9 Å². The fourth-order valence-electron chi connectivity index (χ4n) is 5.40. The molecule has 2 fully saturated rings. The zero-order chi connectivity index (χ0) is 25.2. The smallest absolute Gasteiger partial charge is 0.256 e. The molecule has 188 valence electrons. The van der Waals surface area contributed by atoms with Crippen LogP contribution in [0.1, 0.15) is 58.5 Å². The number of aromatic nitrogens is 1. The Morgan fingerprint density at radius 3 is 2.58 bits per heavy atom. The number of anilines is 2. The number of halogens is 1. The summed E-state index contributed by atoms with van der Waals surface area (Å²) in [5.41, 5.74) is 9.60. The van der Waals surface area contributed by atoms with E-state index in [-0.39, 0.29) is 17.9 Å². The van der Waals surface area contributed by atoms with Crippen LogP contribution in [0.25, 0.3) is 10.8 Å². The Labute approximate surface area is 220 Å². The first-order chi connectivity index (χ1) is 17.4. The summed E-state index contributed by atoms with van der Waals surface area (Å²) in [7, 11) is 0. The van der Waals surface area contributed by atoms with E-state index < -0.39 is 0 Å². The molecule has 0 radical (unpaired) electrons. The van der Waals surface area contributed by atoms with Crippen molar-refractivity contribution in [2.75, 3.05) is 37.2 Å². The number of piperidine rings is 2. The number of amides is 2. The van der Waals surface area contributed by atoms with Crippen LogP contribution >= 0.6 is 15.9 Å². The monoisotopic (exact) mass is 549 g/mol. The van der Waals surface area contributed by atoms with Crippen LogP contribution in [0.4, 0.5) is 11.4 Å². The lowest BCUT2D eigenvalue weighted by atomic mass is 9.99. The number of likely N-dealkylation sites (tertiary alicyclic amines) is 2. The normalized spacial score (nSPS) is 18.3. The van der Waals surface area contributed by atoms with Crippen LogP contribution in [0.2, 0.25) is 0 Å². The molecule has 2 saturated heterocycles. The molecule has 0 aliphatic carbocycles. The fraction of sp³-hybridized carbons (Fsp3) is 0.393. The Bertz CT molecular complexity index is 1300. The maximum atomic E-state index is 13.7. The van der Waals surface area contributed by atoms with Gasteiger partial charge in [-0.2, -0.15) is 0 Å². The van der Waals surface area contributed by atoms with E-state index in [4.69, 9.17) is 5.73 Å². The maximum absolute atomic E-state index is 13.7. The van der Waals surface area contributed by atoms with Gasteiger partial charge in [0.2, 0.25) is 0 Å². The van der Waals surface area contributed by atoms with Gasteiger partial charge >= 0.3 is 0 Å². The lowest BCUT2D eigenvalue weighted by molar-refractivity contribution is 0.0708. The molecule has 7 nitrogen and oxygen atoms in total. The first-order valence-corrected chi connectivity index (χ1v) is 13.5. The number of hydrogen-bond donors (Lipinski definition) is 2. The molecule has 2 aromatic carbocycles. The number of hydrogen-bond acceptors (Lipinski definition) is 5. The lowest BCUT2D eigenvalue weighted by Crippen LogP contribution is -2.45. The largest absolute Gasteiger partial charge is 0.397 e. The Balaban J connectivity index is 1.39. The molecule has 8 heteroatoms. The number of fused-ring (bicyclic) bond motifs is 1. The number of aryl methyl sites for hydroxylation is 1. The predicted octanol–water partition coefficient (Wildman–Crippen LogP) is 5.23. The van der Waals surface area contributed by atoms with Gasteiger partial charge in [-0.05, 0) is 56.5 Å². The molecule has 0 unspecified atom stereocenters. The van der Waals surface area contributed by atoms with Gasteiger partial charge in [-0.25, -0.2) is 0 Å². The molecule has 1 atom stereocenters. The Kier molecular flexibility index (Phi) is 7.14. The average molecular weight is 551 g/mol. The number of pyridine rings is 1. The second-order valence-electron chi connectivity index (χ2n) is 9.81. The fourth-order valence-corrected chi connectivity index (χ4v) is 5.88. The minimum atomic E-state index is -0.0117. The quantitative estimate of drug-likeness (QED) is 0.434. The standard InChI is InChI=1S/C28H32BrN5O2/c1-18-25(22-10-4-3-8-19(22)16-31-18)28(36)34-13-7-9-21(17-34)32-26-23(14-20(29)15-24(26)30)27(35)33-11-5-2-6-12-33/h3-4,8,10,14-16,21,32H,2,5-7,9,11-13,17,30H2,1H3/t21-/m1/s1. The minimum Gasteiger partial charge on any atom is -0.397 e. The van der Waals surface area contributed by atoms with Crippen molar-refractivity contribution >= 4 is 49.9 Å². The SMILES string of the molecule is Cc1ncc2ccccc2c1C(=O)N1CCC[C@@H](Nc2c(N)cc(Br)cc2C(=O)N2CCCCC2)C1. The molecule has 0 bridgehead atoms. The van der Waals surface area contributed by atoms with E-state index in [0.717, 1.165) is 66.1 Å². The van der Waals surface area contributed by atoms with E-state index in [1.807, 2.05) is 59.3 Å². The molecule has 3 heterocycles. The number of nitrogens with one attached hydrogen (secondary N) is 1. The molecule has 3 aromatic rings. The predicted molar refractivity (Wildman–Crippen MR) is 147 cm³/mol. The summed E-state index contributed by atoms with van der Waals surface area (Å²) in [5, 5.41) is 5.44. The van der Waals surface area contributed by atoms with Crippen molar-refractivity contribution in [3.8, 4) is 0 Å². The van der Waals surface area contributed by atoms with Crippen LogP contribution in [0.5, 0.6) is 0 Å². The van der Waals surface area contributed by atoms with E-state index in [1.165, 1.54) is 0 Å². The number of rotatable bonds is 4. The van der Waals surface area contributed by atoms with Gasteiger partial charge in [0.15, 0.2) is 0 Å². The molecule has 0 spiro atoms. The van der Waals surface area contributed by atoms with Crippen LogP contribution in [0.15, 0.2) is 47.1 Å². The second kappa shape index (κ2) is 10.5. The van der Waals surface area contributed by atoms with Crippen LogP contribution in [0, 0.1) is 6.92 Å². The highest BCUT2D eigenvalue weighted by Crippen LogP contribution is 2.32. The van der Waals surface area contributed by atoms with Gasteiger partial charge in [-0.3, -0.25) is 14.6 Å². The summed E-state index contributed by atoms with van der Waals surface area (Å²) in [6.07, 6.45) is 6.79. The molecule has 2 amide bonds. The molecule has 2 aliphatic heterocycles. The van der Waals surface area contributed by atoms with Crippen molar-refractivity contribution in [1.82, 2.24) is 14.8 Å². The molecule has 2 aliphatic rings. The third-order valence-electron chi connectivity index (χ3n) is 7.27. The second-order valence-corrected chi connectivity index (χ2v) is 10.7. The van der Waals surface area contributed by atoms with Gasteiger partial charge in [-0.1, -0.05) is 40.2 Å². The number of carbonyl (C=O) groups excluding carboxylic acids is 2. The van der Waals surface area contributed by atoms with Crippen molar-refractivity contribution < 1.29 is 9.59 Å². The Hall–Kier alpha value is -3.13. The van der Waals surface area contributed by atoms with Gasteiger partial charge in [-0.15, -0.1) is 0 Å². The first kappa shape index (κ1) is 24.6. The Morgan fingerprint density at radius 1 is 1.03 bits per heavy atom. The third-order valence-corrected chi connectivity index (χ3v) is 7.73. The van der Waals surface area contributed by atoms with Crippen LogP contribution in [-0.2, 0) is 0 Å². The van der Waals surface area contributed by atoms with Crippen molar-refractivity contribution in [1.29, 1.82) is 0 Å². The van der Waals surface area contributed by atoms with E-state index in [0.29, 0.717) is 35.6 Å². The van der Waals surface area contributed by atoms with Crippen molar-refractivity contribution in [2.45, 2.75) is 45.1 Å². The summed E-state index contributed by atoms with van der Waals surface area (Å²) in [5.74, 6) is 0.00286. The number of carbonyl (C=O) groups is 2. The molecule has 5 rings (SSSR count). The van der Waals surface area contributed by atoms with Gasteiger partial charge in [0.05, 0.1) is 28.2 Å². The molecule has 3 N–H and O–H groups in total. The summed E-state index contributed by atoms with van der Waals surface area (Å²) in [6, 6.07) is 11.5. The zero-order valence-electron chi connectivity index (χ0n) is 20.6. The highest BCUT2D eigenvalue weighted by molar-refractivity contribution is 9.10. The first-order valence-electron chi connectivity index (χ1n) is 12.7. The number of nitrogens with two attached hydrogens (primary N) is 1. The number of benzene rings is 2. The molecule has 1 aromatic heterocycles. The zero-order valence-corrected chi connectivity index (χ0v) is 22.2. The Morgan fingerprint density at radius 2 is 1.78 bits per heavy atom. The number of nitrogens with zero attached hydrogens (tertiary/aromatic N) is 3. The minimum absolute atomic E-state index is 0.00306. The van der Waals surface area contributed by atoms with E-state index in [9.17, 15) is 9.59 Å². The van der Waals surface area contributed by atoms with Gasteiger partial charge in [0.25, 0.3) is 11.8 Å². The van der Waals surface area contributed by atoms with E-state index in [2.05, 4.69) is 26.2 Å². The third kappa shape index (κ3) is 4.91. The van der Waals surface area contributed by atoms with Gasteiger partial charge in [0, 0.05) is 48.3 Å². The van der Waals surface area contributed by atoms with E-state index >= 15 is 0 Å². The maximum Gasteiger partial charge on any atom is 0.256 e. The topological polar surface area (TPSA) is 91.6 Å². The molecule has 36 heavy (non-hydrogen) atoms. The summed E-state index contributed by atoms with van der Waals surface area (Å²) < 4.78 is 0.783. The van der Waals surface area contributed by atoms with Crippen molar-refractivity contribution in [3.63, 3.8) is 0 Å². The molecular formula is C28H32BrN5O2. The van der Waals surface area contributed by atoms with Gasteiger partial charge < -0.3 is 20.9 Å². The highest BCUT2D eigenvalue weighted by atomic mass is 79.9. The van der Waals surface area contributed by atoms with Crippen LogP contribution < -0.4 is 11.1 Å². The lowest BCUT2D eigenvalue weighted by Gasteiger charge is -2.35. The molecule has 0 saturated carbocycles. The summed E-state index contributed by atoms with van der Waals surface area (Å²) in [6.45, 7) is 4.66. The van der Waals surface area contributed by atoms with Crippen LogP contribution in [-0.4, -0.2) is 58.8 Å². The van der Waals surface area contributed by atoms with Crippen LogP contribution in [0.3, 0.4) is 0 Å². The average Bonchev–Trinajstić information content (AvgIpc) is 2.90. The summed E-state index contributed by atoms with van der Waals surface area (Å²) in [4.78, 5) is 35.4. The highest BCUT2D eigenvalue weighted by Gasteiger charge is 2.29.